The van der Waals surface area contributed by atoms with Gasteiger partial charge in [0.05, 0.1) is 0 Å². The van der Waals surface area contributed by atoms with Gasteiger partial charge in [0.25, 0.3) is 0 Å². The highest BCUT2D eigenvalue weighted by molar-refractivity contribution is 7.12. The van der Waals surface area contributed by atoms with Crippen LogP contribution in [0.4, 0.5) is 0 Å². The quantitative estimate of drug-likeness (QED) is 0.735. The third-order valence-electron chi connectivity index (χ3n) is 5.59. The first-order valence-corrected chi connectivity index (χ1v) is 10.3. The first kappa shape index (κ1) is 18.5. The van der Waals surface area contributed by atoms with Gasteiger partial charge in [-0.2, -0.15) is 0 Å². The van der Waals surface area contributed by atoms with Gasteiger partial charge in [-0.15, -0.1) is 11.3 Å². The molecule has 1 aromatic heterocycles. The molecule has 1 aromatic carbocycles. The Morgan fingerprint density at radius 2 is 2.00 bits per heavy atom. The van der Waals surface area contributed by atoms with Crippen LogP contribution in [0.2, 0.25) is 0 Å². The number of aryl methyl sites for hydroxylation is 2. The molecule has 0 amide bonds. The maximum atomic E-state index is 12.7. The summed E-state index contributed by atoms with van der Waals surface area (Å²) in [5, 5.41) is 23.4. The Labute approximate surface area is 163 Å². The van der Waals surface area contributed by atoms with Gasteiger partial charge in [-0.1, -0.05) is 0 Å². The lowest BCUT2D eigenvalue weighted by Gasteiger charge is -2.25. The number of ether oxygens (including phenoxy) is 1. The third-order valence-corrected chi connectivity index (χ3v) is 6.70. The molecule has 2 aliphatic carbocycles. The summed E-state index contributed by atoms with van der Waals surface area (Å²) in [5.74, 6) is 1.04. The number of Topliss-reactive ketones (excluding diaryl/α,β-unsaturated/α-hetero) is 1. The molecule has 0 aliphatic heterocycles. The van der Waals surface area contributed by atoms with E-state index in [0.717, 1.165) is 31.2 Å². The average molecular weight is 388 g/mol. The summed E-state index contributed by atoms with van der Waals surface area (Å²) in [7, 11) is 0. The molecule has 1 saturated carbocycles. The Hall–Kier alpha value is -1.89. The number of phenolic OH excluding ortho intramolecular Hbond substituents is 1. The number of aliphatic hydroxyl groups excluding tert-OH is 1. The van der Waals surface area contributed by atoms with Crippen molar-refractivity contribution in [1.29, 1.82) is 0 Å². The SMILES string of the molecule is Cc1cc2c(s1)CCC(CNC1CCC(Oc3ccc(O)cc3)C1O)C2=O. The molecule has 4 unspecified atom stereocenters. The number of thiophene rings is 1. The number of ketones is 1. The van der Waals surface area contributed by atoms with E-state index in [2.05, 4.69) is 5.32 Å². The third kappa shape index (κ3) is 3.88. The molecule has 6 heteroatoms. The second-order valence-electron chi connectivity index (χ2n) is 7.53. The number of aromatic hydroxyl groups is 1. The Morgan fingerprint density at radius 3 is 2.78 bits per heavy atom. The van der Waals surface area contributed by atoms with E-state index in [0.29, 0.717) is 12.3 Å². The topological polar surface area (TPSA) is 78.8 Å². The van der Waals surface area contributed by atoms with Gasteiger partial charge in [-0.3, -0.25) is 4.79 Å². The van der Waals surface area contributed by atoms with Crippen molar-refractivity contribution >= 4 is 17.1 Å². The average Bonchev–Trinajstić information content (AvgIpc) is 3.20. The van der Waals surface area contributed by atoms with E-state index in [1.165, 1.54) is 9.75 Å². The largest absolute Gasteiger partial charge is 0.508 e. The minimum absolute atomic E-state index is 0.0178. The van der Waals surface area contributed by atoms with Gasteiger partial charge in [0.15, 0.2) is 5.78 Å². The summed E-state index contributed by atoms with van der Waals surface area (Å²) >= 11 is 1.73. The Morgan fingerprint density at radius 1 is 1.22 bits per heavy atom. The summed E-state index contributed by atoms with van der Waals surface area (Å²) < 4.78 is 5.87. The maximum Gasteiger partial charge on any atom is 0.168 e. The van der Waals surface area contributed by atoms with Gasteiger partial charge < -0.3 is 20.3 Å². The molecule has 4 rings (SSSR count). The number of phenols is 1. The summed E-state index contributed by atoms with van der Waals surface area (Å²) in [6.45, 7) is 2.65. The molecule has 144 valence electrons. The lowest BCUT2D eigenvalue weighted by Crippen LogP contribution is -2.44. The predicted octanol–water partition coefficient (Wildman–Crippen LogP) is 3.07. The van der Waals surface area contributed by atoms with Crippen molar-refractivity contribution in [3.8, 4) is 11.5 Å². The molecule has 27 heavy (non-hydrogen) atoms. The number of hydrogen-bond donors (Lipinski definition) is 3. The fraction of sp³-hybridized carbons (Fsp3) is 0.476. The normalized spacial score (nSPS) is 27.6. The van der Waals surface area contributed by atoms with Gasteiger partial charge in [0, 0.05) is 33.8 Å². The van der Waals surface area contributed by atoms with Crippen LogP contribution in [-0.2, 0) is 6.42 Å². The maximum absolute atomic E-state index is 12.7. The van der Waals surface area contributed by atoms with Gasteiger partial charge in [0.2, 0.25) is 0 Å². The van der Waals surface area contributed by atoms with E-state index < -0.39 is 6.10 Å². The summed E-state index contributed by atoms with van der Waals surface area (Å²) in [6.07, 6.45) is 2.51. The smallest absolute Gasteiger partial charge is 0.168 e. The van der Waals surface area contributed by atoms with Crippen molar-refractivity contribution in [3.63, 3.8) is 0 Å². The van der Waals surface area contributed by atoms with Crippen molar-refractivity contribution < 1.29 is 19.7 Å². The van der Waals surface area contributed by atoms with Crippen LogP contribution in [0.1, 0.15) is 39.4 Å². The molecule has 0 spiro atoms. The van der Waals surface area contributed by atoms with Crippen LogP contribution < -0.4 is 10.1 Å². The fourth-order valence-electron chi connectivity index (χ4n) is 4.10. The van der Waals surface area contributed by atoms with Crippen LogP contribution in [0.15, 0.2) is 30.3 Å². The van der Waals surface area contributed by atoms with Gasteiger partial charge in [0.1, 0.15) is 23.7 Å². The van der Waals surface area contributed by atoms with Gasteiger partial charge >= 0.3 is 0 Å². The number of benzene rings is 1. The molecular weight excluding hydrogens is 362 g/mol. The van der Waals surface area contributed by atoms with E-state index in [9.17, 15) is 15.0 Å². The van der Waals surface area contributed by atoms with Crippen LogP contribution in [-0.4, -0.2) is 40.8 Å². The zero-order valence-electron chi connectivity index (χ0n) is 15.4. The molecule has 1 heterocycles. The molecule has 5 nitrogen and oxygen atoms in total. The number of rotatable bonds is 5. The summed E-state index contributed by atoms with van der Waals surface area (Å²) in [4.78, 5) is 15.1. The number of hydrogen-bond acceptors (Lipinski definition) is 6. The van der Waals surface area contributed by atoms with Crippen molar-refractivity contribution in [2.75, 3.05) is 6.54 Å². The highest BCUT2D eigenvalue weighted by Gasteiger charge is 2.37. The number of aliphatic hydroxyl groups is 1. The molecule has 0 bridgehead atoms. The second-order valence-corrected chi connectivity index (χ2v) is 8.87. The zero-order chi connectivity index (χ0) is 19.0. The van der Waals surface area contributed by atoms with E-state index in [1.54, 1.807) is 35.6 Å². The molecule has 0 radical (unpaired) electrons. The number of fused-ring (bicyclic) bond motifs is 1. The fourth-order valence-corrected chi connectivity index (χ4v) is 5.15. The van der Waals surface area contributed by atoms with E-state index >= 15 is 0 Å². The van der Waals surface area contributed by atoms with E-state index in [4.69, 9.17) is 4.74 Å². The Kier molecular flexibility index (Phi) is 5.21. The minimum atomic E-state index is -0.614. The molecule has 3 N–H and O–H groups in total. The van der Waals surface area contributed by atoms with Gasteiger partial charge in [-0.25, -0.2) is 0 Å². The molecule has 2 aliphatic rings. The van der Waals surface area contributed by atoms with Crippen molar-refractivity contribution in [2.45, 2.75) is 50.9 Å². The van der Waals surface area contributed by atoms with Crippen LogP contribution in [0.3, 0.4) is 0 Å². The summed E-state index contributed by atoms with van der Waals surface area (Å²) in [6, 6.07) is 8.49. The first-order chi connectivity index (χ1) is 13.0. The monoisotopic (exact) mass is 387 g/mol. The Bertz CT molecular complexity index is 816. The van der Waals surface area contributed by atoms with Crippen molar-refractivity contribution in [1.82, 2.24) is 5.32 Å². The van der Waals surface area contributed by atoms with Crippen LogP contribution in [0, 0.1) is 12.8 Å². The summed E-state index contributed by atoms with van der Waals surface area (Å²) in [5.41, 5.74) is 0.899. The van der Waals surface area contributed by atoms with Crippen LogP contribution in [0.25, 0.3) is 0 Å². The number of carbonyl (C=O) groups is 1. The molecule has 4 atom stereocenters. The highest BCUT2D eigenvalue weighted by atomic mass is 32.1. The molecule has 2 aromatic rings. The van der Waals surface area contributed by atoms with Crippen LogP contribution in [0.5, 0.6) is 11.5 Å². The highest BCUT2D eigenvalue weighted by Crippen LogP contribution is 2.32. The molecule has 0 saturated heterocycles. The molecular formula is C21H25NO4S. The van der Waals surface area contributed by atoms with E-state index in [1.807, 2.05) is 13.0 Å². The van der Waals surface area contributed by atoms with Crippen molar-refractivity contribution in [2.24, 2.45) is 5.92 Å². The first-order valence-electron chi connectivity index (χ1n) is 9.52. The van der Waals surface area contributed by atoms with Gasteiger partial charge in [-0.05, 0) is 62.9 Å². The van der Waals surface area contributed by atoms with Crippen molar-refractivity contribution in [3.05, 3.63) is 45.6 Å². The minimum Gasteiger partial charge on any atom is -0.508 e. The van der Waals surface area contributed by atoms with E-state index in [-0.39, 0.29) is 29.6 Å². The Balaban J connectivity index is 1.31. The number of carbonyl (C=O) groups excluding carboxylic acids is 1. The lowest BCUT2D eigenvalue weighted by molar-refractivity contribution is 0.0441. The zero-order valence-corrected chi connectivity index (χ0v) is 16.2. The number of nitrogens with one attached hydrogen (secondary N) is 1. The second kappa shape index (κ2) is 7.62. The standard InChI is InChI=1S/C21H25NO4S/c1-12-10-16-19(27-12)9-2-13(20(16)24)11-22-17-7-8-18(21(17)25)26-15-5-3-14(23)4-6-15/h3-6,10,13,17-18,21-23,25H,2,7-9,11H2,1H3. The predicted molar refractivity (Wildman–Crippen MR) is 105 cm³/mol. The van der Waals surface area contributed by atoms with Crippen LogP contribution >= 0.6 is 11.3 Å². The molecule has 1 fully saturated rings. The lowest BCUT2D eigenvalue weighted by atomic mass is 9.87.